The highest BCUT2D eigenvalue weighted by atomic mass is 19.4. The predicted octanol–water partition coefficient (Wildman–Crippen LogP) is 3.77. The lowest BCUT2D eigenvalue weighted by atomic mass is 10.1. The van der Waals surface area contributed by atoms with Crippen molar-refractivity contribution in [1.82, 2.24) is 0 Å². The van der Waals surface area contributed by atoms with E-state index >= 15 is 0 Å². The molecule has 0 atom stereocenters. The first-order chi connectivity index (χ1) is 10.9. The molecule has 1 aliphatic rings. The normalized spacial score (nSPS) is 13.2. The summed E-state index contributed by atoms with van der Waals surface area (Å²) in [5.74, 6) is -0.0522. The van der Waals surface area contributed by atoms with Gasteiger partial charge in [-0.3, -0.25) is 4.79 Å². The van der Waals surface area contributed by atoms with Crippen LogP contribution in [0.4, 0.5) is 18.9 Å². The molecular formula is C16H12F3NO3. The van der Waals surface area contributed by atoms with Crippen LogP contribution in [0.3, 0.4) is 0 Å². The first-order valence-corrected chi connectivity index (χ1v) is 6.84. The molecule has 4 nitrogen and oxygen atoms in total. The molecule has 3 rings (SSSR count). The Bertz CT molecular complexity index is 744. The zero-order valence-electron chi connectivity index (χ0n) is 11.8. The molecule has 2 aromatic carbocycles. The summed E-state index contributed by atoms with van der Waals surface area (Å²) in [5, 5.41) is 2.55. The summed E-state index contributed by atoms with van der Waals surface area (Å²) in [5.41, 5.74) is 1.57. The lowest BCUT2D eigenvalue weighted by molar-refractivity contribution is -0.274. The molecule has 23 heavy (non-hydrogen) atoms. The number of alkyl halides is 3. The lowest BCUT2D eigenvalue weighted by Gasteiger charge is -2.11. The van der Waals surface area contributed by atoms with Crippen LogP contribution in [0.1, 0.15) is 15.9 Å². The summed E-state index contributed by atoms with van der Waals surface area (Å²) in [7, 11) is 0. The average Bonchev–Trinajstić information content (AvgIpc) is 2.93. The van der Waals surface area contributed by atoms with E-state index in [1.165, 1.54) is 12.1 Å². The van der Waals surface area contributed by atoms with Gasteiger partial charge in [0.05, 0.1) is 6.61 Å². The Balaban J connectivity index is 1.74. The highest BCUT2D eigenvalue weighted by Crippen LogP contribution is 2.27. The van der Waals surface area contributed by atoms with Gasteiger partial charge in [-0.1, -0.05) is 6.07 Å². The third kappa shape index (κ3) is 3.74. The van der Waals surface area contributed by atoms with Gasteiger partial charge in [-0.2, -0.15) is 0 Å². The van der Waals surface area contributed by atoms with E-state index in [0.29, 0.717) is 12.2 Å². The van der Waals surface area contributed by atoms with E-state index in [1.54, 1.807) is 18.2 Å². The molecule has 0 bridgehead atoms. The minimum Gasteiger partial charge on any atom is -0.493 e. The summed E-state index contributed by atoms with van der Waals surface area (Å²) >= 11 is 0. The van der Waals surface area contributed by atoms with E-state index in [0.717, 1.165) is 29.9 Å². The number of halogens is 3. The Kier molecular flexibility index (Phi) is 3.85. The number of carbonyl (C=O) groups is 1. The van der Waals surface area contributed by atoms with E-state index in [-0.39, 0.29) is 5.69 Å². The fourth-order valence-electron chi connectivity index (χ4n) is 2.30. The van der Waals surface area contributed by atoms with Crippen LogP contribution in [0.2, 0.25) is 0 Å². The molecule has 1 N–H and O–H groups in total. The number of amides is 1. The molecule has 0 fully saturated rings. The summed E-state index contributed by atoms with van der Waals surface area (Å²) in [6.07, 6.45) is -4.05. The van der Waals surface area contributed by atoms with Crippen LogP contribution in [0.15, 0.2) is 42.5 Å². The van der Waals surface area contributed by atoms with Gasteiger partial charge in [-0.05, 0) is 35.9 Å². The van der Waals surface area contributed by atoms with Gasteiger partial charge in [-0.25, -0.2) is 0 Å². The third-order valence-electron chi connectivity index (χ3n) is 3.28. The van der Waals surface area contributed by atoms with Crippen molar-refractivity contribution in [2.75, 3.05) is 11.9 Å². The number of hydrogen-bond donors (Lipinski definition) is 1. The maximum absolute atomic E-state index is 12.2. The van der Waals surface area contributed by atoms with Crippen molar-refractivity contribution in [3.63, 3.8) is 0 Å². The second-order valence-corrected chi connectivity index (χ2v) is 4.95. The molecule has 1 heterocycles. The van der Waals surface area contributed by atoms with Crippen molar-refractivity contribution in [1.29, 1.82) is 0 Å². The quantitative estimate of drug-likeness (QED) is 0.935. The Morgan fingerprint density at radius 2 is 2.00 bits per heavy atom. The number of nitrogens with one attached hydrogen (secondary N) is 1. The van der Waals surface area contributed by atoms with Gasteiger partial charge in [0.25, 0.3) is 5.91 Å². The Hall–Kier alpha value is -2.70. The number of anilines is 1. The van der Waals surface area contributed by atoms with E-state index in [1.807, 2.05) is 0 Å². The second-order valence-electron chi connectivity index (χ2n) is 4.95. The van der Waals surface area contributed by atoms with Crippen molar-refractivity contribution >= 4 is 11.6 Å². The number of carbonyl (C=O) groups excluding carboxylic acids is 1. The Morgan fingerprint density at radius 1 is 1.17 bits per heavy atom. The fraction of sp³-hybridized carbons (Fsp3) is 0.188. The third-order valence-corrected chi connectivity index (χ3v) is 3.28. The minimum absolute atomic E-state index is 0.216. The standard InChI is InChI=1S/C16H12F3NO3/c17-16(18,19)23-13-3-1-2-12(9-13)20-15(21)11-4-5-14-10(8-11)6-7-22-14/h1-5,8-9H,6-7H2,(H,20,21). The molecule has 0 unspecified atom stereocenters. The van der Waals surface area contributed by atoms with Crippen molar-refractivity contribution in [2.24, 2.45) is 0 Å². The van der Waals surface area contributed by atoms with Crippen molar-refractivity contribution in [3.05, 3.63) is 53.6 Å². The van der Waals surface area contributed by atoms with Gasteiger partial charge in [0.1, 0.15) is 11.5 Å². The minimum atomic E-state index is -4.78. The molecule has 1 aliphatic heterocycles. The highest BCUT2D eigenvalue weighted by molar-refractivity contribution is 6.04. The van der Waals surface area contributed by atoms with E-state index in [9.17, 15) is 18.0 Å². The van der Waals surface area contributed by atoms with Gasteiger partial charge < -0.3 is 14.8 Å². The number of rotatable bonds is 3. The average molecular weight is 323 g/mol. The van der Waals surface area contributed by atoms with Crippen LogP contribution in [0.25, 0.3) is 0 Å². The second kappa shape index (κ2) is 5.83. The van der Waals surface area contributed by atoms with Crippen molar-refractivity contribution in [3.8, 4) is 11.5 Å². The van der Waals surface area contributed by atoms with Gasteiger partial charge in [-0.15, -0.1) is 13.2 Å². The van der Waals surface area contributed by atoms with Crippen molar-refractivity contribution < 1.29 is 27.4 Å². The molecule has 0 aliphatic carbocycles. The summed E-state index contributed by atoms with van der Waals surface area (Å²) in [4.78, 5) is 12.2. The predicted molar refractivity (Wildman–Crippen MR) is 76.7 cm³/mol. The Labute approximate surface area is 129 Å². The Morgan fingerprint density at radius 3 is 2.78 bits per heavy atom. The number of ether oxygens (including phenoxy) is 2. The summed E-state index contributed by atoms with van der Waals surface area (Å²) in [6, 6.07) is 10.2. The zero-order chi connectivity index (χ0) is 16.4. The lowest BCUT2D eigenvalue weighted by Crippen LogP contribution is -2.17. The van der Waals surface area contributed by atoms with Crippen LogP contribution in [0.5, 0.6) is 11.5 Å². The molecule has 2 aromatic rings. The molecule has 7 heteroatoms. The topological polar surface area (TPSA) is 47.6 Å². The van der Waals surface area contributed by atoms with Crippen LogP contribution >= 0.6 is 0 Å². The van der Waals surface area contributed by atoms with Gasteiger partial charge in [0.2, 0.25) is 0 Å². The van der Waals surface area contributed by atoms with Gasteiger partial charge >= 0.3 is 6.36 Å². The SMILES string of the molecule is O=C(Nc1cccc(OC(F)(F)F)c1)c1ccc2c(c1)CCO2. The number of hydrogen-bond acceptors (Lipinski definition) is 3. The maximum atomic E-state index is 12.2. The first kappa shape index (κ1) is 15.2. The highest BCUT2D eigenvalue weighted by Gasteiger charge is 2.31. The van der Waals surface area contributed by atoms with E-state index < -0.39 is 18.0 Å². The van der Waals surface area contributed by atoms with Crippen LogP contribution < -0.4 is 14.8 Å². The van der Waals surface area contributed by atoms with Gasteiger partial charge in [0.15, 0.2) is 0 Å². The monoisotopic (exact) mass is 323 g/mol. The zero-order valence-corrected chi connectivity index (χ0v) is 11.8. The summed E-state index contributed by atoms with van der Waals surface area (Å²) in [6.45, 7) is 0.581. The molecular weight excluding hydrogens is 311 g/mol. The number of benzene rings is 2. The smallest absolute Gasteiger partial charge is 0.493 e. The summed E-state index contributed by atoms with van der Waals surface area (Å²) < 4.78 is 45.8. The molecule has 1 amide bonds. The largest absolute Gasteiger partial charge is 0.573 e. The van der Waals surface area contributed by atoms with Crippen LogP contribution in [0, 0.1) is 0 Å². The van der Waals surface area contributed by atoms with Crippen LogP contribution in [-0.2, 0) is 6.42 Å². The molecule has 0 saturated heterocycles. The molecule has 0 spiro atoms. The van der Waals surface area contributed by atoms with Gasteiger partial charge in [0, 0.05) is 23.7 Å². The molecule has 0 saturated carbocycles. The molecule has 120 valence electrons. The van der Waals surface area contributed by atoms with Crippen LogP contribution in [-0.4, -0.2) is 18.9 Å². The molecule has 0 radical (unpaired) electrons. The number of fused-ring (bicyclic) bond motifs is 1. The molecule has 0 aromatic heterocycles. The maximum Gasteiger partial charge on any atom is 0.573 e. The van der Waals surface area contributed by atoms with E-state index in [4.69, 9.17) is 4.74 Å². The van der Waals surface area contributed by atoms with Crippen molar-refractivity contribution in [2.45, 2.75) is 12.8 Å². The van der Waals surface area contributed by atoms with E-state index in [2.05, 4.69) is 10.1 Å². The fourth-order valence-corrected chi connectivity index (χ4v) is 2.30. The first-order valence-electron chi connectivity index (χ1n) is 6.84.